The number of amides is 1. The van der Waals surface area contributed by atoms with Gasteiger partial charge in [0, 0.05) is 19.6 Å². The Bertz CT molecular complexity index is 628. The van der Waals surface area contributed by atoms with Gasteiger partial charge in [0.25, 0.3) is 5.91 Å². The molecule has 2 aromatic rings. The monoisotopic (exact) mass is 364 g/mol. The molecule has 110 valence electrons. The fourth-order valence-electron chi connectivity index (χ4n) is 2.69. The van der Waals surface area contributed by atoms with Gasteiger partial charge in [-0.05, 0) is 40.7 Å². The van der Waals surface area contributed by atoms with E-state index in [9.17, 15) is 4.79 Å². The number of piperazine rings is 1. The summed E-state index contributed by atoms with van der Waals surface area (Å²) in [5, 5.41) is 0. The molecule has 3 nitrogen and oxygen atoms in total. The second-order valence-corrected chi connectivity index (χ2v) is 7.75. The topological polar surface area (TPSA) is 23.6 Å². The summed E-state index contributed by atoms with van der Waals surface area (Å²) in [7, 11) is 2.11. The molecule has 0 aliphatic carbocycles. The van der Waals surface area contributed by atoms with Crippen LogP contribution in [0.15, 0.2) is 46.3 Å². The molecule has 1 aromatic carbocycles. The van der Waals surface area contributed by atoms with E-state index in [0.717, 1.165) is 28.3 Å². The summed E-state index contributed by atoms with van der Waals surface area (Å²) in [6, 6.07) is 14.3. The Balaban J connectivity index is 1.89. The summed E-state index contributed by atoms with van der Waals surface area (Å²) in [5.74, 6) is 0.132. The molecule has 21 heavy (non-hydrogen) atoms. The van der Waals surface area contributed by atoms with Crippen molar-refractivity contribution in [3.63, 3.8) is 0 Å². The molecule has 0 bridgehead atoms. The SMILES string of the molecule is CN1CCN(C(=O)c2ccc(Br)s2)[C@@H](c2ccccc2)C1. The van der Waals surface area contributed by atoms with Crippen LogP contribution in [-0.4, -0.2) is 42.4 Å². The zero-order chi connectivity index (χ0) is 14.8. The van der Waals surface area contributed by atoms with E-state index in [1.54, 1.807) is 0 Å². The van der Waals surface area contributed by atoms with Gasteiger partial charge in [0.05, 0.1) is 14.7 Å². The Hall–Kier alpha value is -1.17. The minimum absolute atomic E-state index is 0.123. The van der Waals surface area contributed by atoms with Crippen LogP contribution >= 0.6 is 27.3 Å². The standard InChI is InChI=1S/C16H17BrN2OS/c1-18-9-10-19(16(20)14-7-8-15(17)21-14)13(11-18)12-5-3-2-4-6-12/h2-8,13H,9-11H2,1H3/t13-/m1/s1. The van der Waals surface area contributed by atoms with Crippen molar-refractivity contribution in [1.82, 2.24) is 9.80 Å². The Morgan fingerprint density at radius 3 is 2.62 bits per heavy atom. The number of likely N-dealkylation sites (N-methyl/N-ethyl adjacent to an activating group) is 1. The molecule has 1 atom stereocenters. The highest BCUT2D eigenvalue weighted by molar-refractivity contribution is 9.11. The Morgan fingerprint density at radius 2 is 1.95 bits per heavy atom. The predicted molar refractivity (Wildman–Crippen MR) is 89.7 cm³/mol. The third kappa shape index (κ3) is 3.20. The predicted octanol–water partition coefficient (Wildman–Crippen LogP) is 3.64. The van der Waals surface area contributed by atoms with Gasteiger partial charge in [-0.15, -0.1) is 11.3 Å². The van der Waals surface area contributed by atoms with Crippen LogP contribution in [0.3, 0.4) is 0 Å². The summed E-state index contributed by atoms with van der Waals surface area (Å²) in [6.07, 6.45) is 0. The number of hydrogen-bond acceptors (Lipinski definition) is 3. The van der Waals surface area contributed by atoms with Crippen LogP contribution in [0.2, 0.25) is 0 Å². The lowest BCUT2D eigenvalue weighted by molar-refractivity contribution is 0.0503. The molecule has 3 rings (SSSR count). The van der Waals surface area contributed by atoms with Gasteiger partial charge in [-0.3, -0.25) is 4.79 Å². The lowest BCUT2D eigenvalue weighted by Crippen LogP contribution is -2.49. The summed E-state index contributed by atoms with van der Waals surface area (Å²) in [6.45, 7) is 2.56. The highest BCUT2D eigenvalue weighted by Gasteiger charge is 2.31. The lowest BCUT2D eigenvalue weighted by Gasteiger charge is -2.40. The van der Waals surface area contributed by atoms with Gasteiger partial charge in [-0.1, -0.05) is 30.3 Å². The van der Waals surface area contributed by atoms with E-state index in [4.69, 9.17) is 0 Å². The van der Waals surface area contributed by atoms with E-state index >= 15 is 0 Å². The molecule has 5 heteroatoms. The van der Waals surface area contributed by atoms with Crippen molar-refractivity contribution in [2.24, 2.45) is 0 Å². The van der Waals surface area contributed by atoms with Crippen molar-refractivity contribution in [3.05, 3.63) is 56.7 Å². The van der Waals surface area contributed by atoms with E-state index < -0.39 is 0 Å². The molecular weight excluding hydrogens is 348 g/mol. The van der Waals surface area contributed by atoms with Crippen LogP contribution in [-0.2, 0) is 0 Å². The number of benzene rings is 1. The van der Waals surface area contributed by atoms with Crippen LogP contribution in [0.1, 0.15) is 21.3 Å². The highest BCUT2D eigenvalue weighted by atomic mass is 79.9. The summed E-state index contributed by atoms with van der Waals surface area (Å²) < 4.78 is 0.997. The fraction of sp³-hybridized carbons (Fsp3) is 0.312. The summed E-state index contributed by atoms with van der Waals surface area (Å²) in [5.41, 5.74) is 1.20. The number of thiophene rings is 1. The lowest BCUT2D eigenvalue weighted by atomic mass is 10.0. The van der Waals surface area contributed by atoms with Crippen molar-refractivity contribution in [3.8, 4) is 0 Å². The van der Waals surface area contributed by atoms with Crippen LogP contribution in [0.4, 0.5) is 0 Å². The first-order chi connectivity index (χ1) is 10.1. The number of hydrogen-bond donors (Lipinski definition) is 0. The maximum Gasteiger partial charge on any atom is 0.264 e. The van der Waals surface area contributed by atoms with Crippen LogP contribution < -0.4 is 0 Å². The molecule has 1 aromatic heterocycles. The van der Waals surface area contributed by atoms with Crippen LogP contribution in [0.5, 0.6) is 0 Å². The maximum absolute atomic E-state index is 12.8. The van der Waals surface area contributed by atoms with Crippen molar-refractivity contribution in [1.29, 1.82) is 0 Å². The molecule has 1 fully saturated rings. The Labute approximate surface area is 137 Å². The van der Waals surface area contributed by atoms with Gasteiger partial charge in [0.15, 0.2) is 0 Å². The fourth-order valence-corrected chi connectivity index (χ4v) is 4.04. The molecule has 1 saturated heterocycles. The van der Waals surface area contributed by atoms with Gasteiger partial charge in [-0.2, -0.15) is 0 Å². The second-order valence-electron chi connectivity index (χ2n) is 5.29. The van der Waals surface area contributed by atoms with Gasteiger partial charge in [0.2, 0.25) is 0 Å². The Morgan fingerprint density at radius 1 is 1.19 bits per heavy atom. The third-order valence-electron chi connectivity index (χ3n) is 3.81. The van der Waals surface area contributed by atoms with E-state index in [1.807, 2.05) is 35.2 Å². The quantitative estimate of drug-likeness (QED) is 0.811. The number of carbonyl (C=O) groups excluding carboxylic acids is 1. The molecule has 0 radical (unpaired) electrons. The molecule has 0 unspecified atom stereocenters. The zero-order valence-corrected chi connectivity index (χ0v) is 14.2. The van der Waals surface area contributed by atoms with Crippen molar-refractivity contribution in [2.45, 2.75) is 6.04 Å². The Kier molecular flexibility index (Phi) is 4.42. The first-order valence-corrected chi connectivity index (χ1v) is 8.56. The molecule has 0 saturated carbocycles. The van der Waals surface area contributed by atoms with Crippen molar-refractivity contribution in [2.75, 3.05) is 26.7 Å². The first-order valence-electron chi connectivity index (χ1n) is 6.95. The number of nitrogens with zero attached hydrogens (tertiary/aromatic N) is 2. The molecular formula is C16H17BrN2OS. The van der Waals surface area contributed by atoms with Gasteiger partial charge in [-0.25, -0.2) is 0 Å². The van der Waals surface area contributed by atoms with E-state index in [2.05, 4.69) is 40.0 Å². The van der Waals surface area contributed by atoms with E-state index in [0.29, 0.717) is 0 Å². The zero-order valence-electron chi connectivity index (χ0n) is 11.8. The van der Waals surface area contributed by atoms with Crippen LogP contribution in [0, 0.1) is 0 Å². The van der Waals surface area contributed by atoms with E-state index in [1.165, 1.54) is 16.9 Å². The molecule has 1 amide bonds. The van der Waals surface area contributed by atoms with Crippen molar-refractivity contribution < 1.29 is 4.79 Å². The largest absolute Gasteiger partial charge is 0.328 e. The molecule has 1 aliphatic heterocycles. The molecule has 0 spiro atoms. The molecule has 2 heterocycles. The normalized spacial score (nSPS) is 19.7. The number of rotatable bonds is 2. The highest BCUT2D eigenvalue weighted by Crippen LogP contribution is 2.29. The summed E-state index contributed by atoms with van der Waals surface area (Å²) in [4.78, 5) is 17.9. The van der Waals surface area contributed by atoms with Gasteiger partial charge in [0.1, 0.15) is 0 Å². The average molecular weight is 365 g/mol. The van der Waals surface area contributed by atoms with Crippen LogP contribution in [0.25, 0.3) is 0 Å². The average Bonchev–Trinajstić information content (AvgIpc) is 2.94. The van der Waals surface area contributed by atoms with Gasteiger partial charge < -0.3 is 9.80 Å². The summed E-state index contributed by atoms with van der Waals surface area (Å²) >= 11 is 4.93. The van der Waals surface area contributed by atoms with Gasteiger partial charge >= 0.3 is 0 Å². The maximum atomic E-state index is 12.8. The number of halogens is 1. The number of carbonyl (C=O) groups is 1. The molecule has 1 aliphatic rings. The van der Waals surface area contributed by atoms with E-state index in [-0.39, 0.29) is 11.9 Å². The minimum atomic E-state index is 0.123. The smallest absolute Gasteiger partial charge is 0.264 e. The van der Waals surface area contributed by atoms with Crippen molar-refractivity contribution >= 4 is 33.2 Å². The minimum Gasteiger partial charge on any atom is -0.328 e. The third-order valence-corrected chi connectivity index (χ3v) is 5.42. The first kappa shape index (κ1) is 14.8. The molecule has 0 N–H and O–H groups in total. The second kappa shape index (κ2) is 6.30.